The standard InChI is InChI=1S/C14H17N3/c1-9-4-5-13(10(2)6-9)14-12(7-15)8-16-11(3)17-14/h4-6,8H,7,15H2,1-3H3. The van der Waals surface area contributed by atoms with Crippen molar-refractivity contribution in [2.24, 2.45) is 5.73 Å². The SMILES string of the molecule is Cc1ccc(-c2nc(C)ncc2CN)c(C)c1. The molecular weight excluding hydrogens is 210 g/mol. The Labute approximate surface area is 102 Å². The van der Waals surface area contributed by atoms with Crippen LogP contribution in [0.2, 0.25) is 0 Å². The molecule has 3 nitrogen and oxygen atoms in total. The van der Waals surface area contributed by atoms with Gasteiger partial charge in [0.25, 0.3) is 0 Å². The van der Waals surface area contributed by atoms with E-state index in [1.54, 1.807) is 0 Å². The van der Waals surface area contributed by atoms with Crippen LogP contribution in [0.15, 0.2) is 24.4 Å². The highest BCUT2D eigenvalue weighted by atomic mass is 14.9. The smallest absolute Gasteiger partial charge is 0.125 e. The number of nitrogens with zero attached hydrogens (tertiary/aromatic N) is 2. The average Bonchev–Trinajstić information content (AvgIpc) is 2.29. The van der Waals surface area contributed by atoms with Crippen LogP contribution in [0, 0.1) is 20.8 Å². The first-order valence-corrected chi connectivity index (χ1v) is 5.72. The first-order chi connectivity index (χ1) is 8.11. The summed E-state index contributed by atoms with van der Waals surface area (Å²) < 4.78 is 0. The van der Waals surface area contributed by atoms with Gasteiger partial charge < -0.3 is 5.73 Å². The molecule has 0 saturated carbocycles. The Kier molecular flexibility index (Phi) is 3.20. The zero-order valence-corrected chi connectivity index (χ0v) is 10.5. The maximum Gasteiger partial charge on any atom is 0.125 e. The van der Waals surface area contributed by atoms with E-state index < -0.39 is 0 Å². The van der Waals surface area contributed by atoms with E-state index in [4.69, 9.17) is 5.73 Å². The predicted molar refractivity (Wildman–Crippen MR) is 69.6 cm³/mol. The van der Waals surface area contributed by atoms with Gasteiger partial charge in [-0.15, -0.1) is 0 Å². The molecule has 0 aliphatic carbocycles. The van der Waals surface area contributed by atoms with Gasteiger partial charge in [-0.05, 0) is 26.3 Å². The lowest BCUT2D eigenvalue weighted by molar-refractivity contribution is 0.974. The summed E-state index contributed by atoms with van der Waals surface area (Å²) in [6.07, 6.45) is 1.82. The van der Waals surface area contributed by atoms with E-state index in [0.29, 0.717) is 6.54 Å². The number of rotatable bonds is 2. The second-order valence-electron chi connectivity index (χ2n) is 4.31. The molecule has 1 aromatic carbocycles. The van der Waals surface area contributed by atoms with Crippen LogP contribution in [0.25, 0.3) is 11.3 Å². The molecule has 0 spiro atoms. The van der Waals surface area contributed by atoms with Crippen molar-refractivity contribution in [3.8, 4) is 11.3 Å². The highest BCUT2D eigenvalue weighted by molar-refractivity contribution is 5.66. The fourth-order valence-electron chi connectivity index (χ4n) is 1.96. The predicted octanol–water partition coefficient (Wildman–Crippen LogP) is 2.53. The number of hydrogen-bond acceptors (Lipinski definition) is 3. The number of hydrogen-bond donors (Lipinski definition) is 1. The van der Waals surface area contributed by atoms with Gasteiger partial charge in [-0.2, -0.15) is 0 Å². The molecule has 2 aromatic rings. The van der Waals surface area contributed by atoms with Crippen LogP contribution >= 0.6 is 0 Å². The number of aryl methyl sites for hydroxylation is 3. The summed E-state index contributed by atoms with van der Waals surface area (Å²) in [7, 11) is 0. The normalized spacial score (nSPS) is 10.6. The molecule has 0 atom stereocenters. The Morgan fingerprint density at radius 2 is 1.94 bits per heavy atom. The molecule has 0 saturated heterocycles. The molecule has 1 heterocycles. The van der Waals surface area contributed by atoms with Gasteiger partial charge in [0.1, 0.15) is 5.82 Å². The first-order valence-electron chi connectivity index (χ1n) is 5.72. The molecule has 88 valence electrons. The molecule has 2 N–H and O–H groups in total. The Bertz CT molecular complexity index is 547. The van der Waals surface area contributed by atoms with E-state index in [0.717, 1.165) is 22.6 Å². The van der Waals surface area contributed by atoms with E-state index in [9.17, 15) is 0 Å². The molecular formula is C14H17N3. The van der Waals surface area contributed by atoms with Crippen molar-refractivity contribution < 1.29 is 0 Å². The lowest BCUT2D eigenvalue weighted by Gasteiger charge is -2.10. The maximum absolute atomic E-state index is 5.74. The number of aromatic nitrogens is 2. The van der Waals surface area contributed by atoms with Crippen LogP contribution in [-0.4, -0.2) is 9.97 Å². The van der Waals surface area contributed by atoms with Crippen molar-refractivity contribution in [1.29, 1.82) is 0 Å². The lowest BCUT2D eigenvalue weighted by Crippen LogP contribution is -2.04. The first kappa shape index (κ1) is 11.7. The molecule has 1 aromatic heterocycles. The Balaban J connectivity index is 2.62. The third kappa shape index (κ3) is 2.34. The summed E-state index contributed by atoms with van der Waals surface area (Å²) in [4.78, 5) is 8.71. The van der Waals surface area contributed by atoms with Crippen molar-refractivity contribution in [3.63, 3.8) is 0 Å². The summed E-state index contributed by atoms with van der Waals surface area (Å²) >= 11 is 0. The molecule has 0 aliphatic rings. The van der Waals surface area contributed by atoms with Crippen LogP contribution in [0.4, 0.5) is 0 Å². The third-order valence-electron chi connectivity index (χ3n) is 2.84. The Morgan fingerprint density at radius 1 is 1.18 bits per heavy atom. The molecule has 0 aliphatic heterocycles. The summed E-state index contributed by atoms with van der Waals surface area (Å²) in [5, 5.41) is 0. The van der Waals surface area contributed by atoms with Gasteiger partial charge in [-0.1, -0.05) is 23.8 Å². The molecule has 2 rings (SSSR count). The lowest BCUT2D eigenvalue weighted by atomic mass is 10.00. The minimum Gasteiger partial charge on any atom is -0.326 e. The van der Waals surface area contributed by atoms with E-state index >= 15 is 0 Å². The van der Waals surface area contributed by atoms with Crippen molar-refractivity contribution in [3.05, 3.63) is 46.9 Å². The molecule has 0 amide bonds. The van der Waals surface area contributed by atoms with E-state index in [-0.39, 0.29) is 0 Å². The summed E-state index contributed by atoms with van der Waals surface area (Å²) in [5.41, 5.74) is 11.3. The minimum absolute atomic E-state index is 0.461. The van der Waals surface area contributed by atoms with Crippen LogP contribution in [0.1, 0.15) is 22.5 Å². The molecule has 0 bridgehead atoms. The fraction of sp³-hybridized carbons (Fsp3) is 0.286. The van der Waals surface area contributed by atoms with Crippen molar-refractivity contribution in [1.82, 2.24) is 9.97 Å². The highest BCUT2D eigenvalue weighted by Crippen LogP contribution is 2.25. The minimum atomic E-state index is 0.461. The largest absolute Gasteiger partial charge is 0.326 e. The highest BCUT2D eigenvalue weighted by Gasteiger charge is 2.09. The topological polar surface area (TPSA) is 51.8 Å². The zero-order chi connectivity index (χ0) is 12.4. The zero-order valence-electron chi connectivity index (χ0n) is 10.5. The van der Waals surface area contributed by atoms with Crippen molar-refractivity contribution in [2.75, 3.05) is 0 Å². The van der Waals surface area contributed by atoms with Crippen LogP contribution in [0.3, 0.4) is 0 Å². The summed E-state index contributed by atoms with van der Waals surface area (Å²) in [5.74, 6) is 0.775. The number of nitrogens with two attached hydrogens (primary N) is 1. The van der Waals surface area contributed by atoms with Gasteiger partial charge in [0.05, 0.1) is 5.69 Å². The van der Waals surface area contributed by atoms with Gasteiger partial charge in [0.15, 0.2) is 0 Å². The van der Waals surface area contributed by atoms with Crippen molar-refractivity contribution in [2.45, 2.75) is 27.3 Å². The van der Waals surface area contributed by atoms with Crippen LogP contribution < -0.4 is 5.73 Å². The molecule has 3 heteroatoms. The van der Waals surface area contributed by atoms with E-state index in [1.165, 1.54) is 11.1 Å². The van der Waals surface area contributed by atoms with Gasteiger partial charge in [0, 0.05) is 23.9 Å². The van der Waals surface area contributed by atoms with Crippen LogP contribution in [-0.2, 0) is 6.54 Å². The monoisotopic (exact) mass is 227 g/mol. The maximum atomic E-state index is 5.74. The van der Waals surface area contributed by atoms with E-state index in [2.05, 4.69) is 42.0 Å². The van der Waals surface area contributed by atoms with Gasteiger partial charge in [0.2, 0.25) is 0 Å². The van der Waals surface area contributed by atoms with Gasteiger partial charge in [-0.3, -0.25) is 0 Å². The molecule has 0 radical (unpaired) electrons. The quantitative estimate of drug-likeness (QED) is 0.857. The molecule has 17 heavy (non-hydrogen) atoms. The average molecular weight is 227 g/mol. The third-order valence-corrected chi connectivity index (χ3v) is 2.84. The van der Waals surface area contributed by atoms with Crippen molar-refractivity contribution >= 4 is 0 Å². The van der Waals surface area contributed by atoms with Crippen LogP contribution in [0.5, 0.6) is 0 Å². The molecule has 0 unspecified atom stereocenters. The molecule has 0 fully saturated rings. The Morgan fingerprint density at radius 3 is 2.59 bits per heavy atom. The van der Waals surface area contributed by atoms with Gasteiger partial charge in [-0.25, -0.2) is 9.97 Å². The second-order valence-corrected chi connectivity index (χ2v) is 4.31. The second kappa shape index (κ2) is 4.63. The Hall–Kier alpha value is -1.74. The summed E-state index contributed by atoms with van der Waals surface area (Å²) in [6, 6.07) is 6.36. The van der Waals surface area contributed by atoms with Gasteiger partial charge >= 0.3 is 0 Å². The summed E-state index contributed by atoms with van der Waals surface area (Å²) in [6.45, 7) is 6.54. The number of benzene rings is 1. The fourth-order valence-corrected chi connectivity index (χ4v) is 1.96. The van der Waals surface area contributed by atoms with E-state index in [1.807, 2.05) is 13.1 Å².